The van der Waals surface area contributed by atoms with E-state index in [2.05, 4.69) is 27.0 Å². The molecule has 0 aliphatic rings. The molecule has 0 saturated carbocycles. The summed E-state index contributed by atoms with van der Waals surface area (Å²) in [4.78, 5) is 15.8. The number of esters is 1. The largest absolute Gasteiger partial charge is 0.469 e. The van der Waals surface area contributed by atoms with E-state index in [1.54, 1.807) is 18.5 Å². The van der Waals surface area contributed by atoms with Crippen molar-refractivity contribution in [2.75, 3.05) is 7.11 Å². The molecular weight excluding hydrogens is 344 g/mol. The Bertz CT molecular complexity index is 665. The van der Waals surface area contributed by atoms with E-state index in [1.165, 1.54) is 7.11 Å². The first-order valence-corrected chi connectivity index (χ1v) is 7.57. The Morgan fingerprint density at radius 2 is 2.05 bits per heavy atom. The second-order valence-electron chi connectivity index (χ2n) is 4.83. The summed E-state index contributed by atoms with van der Waals surface area (Å²) in [6.45, 7) is 0. The van der Waals surface area contributed by atoms with Crippen molar-refractivity contribution in [2.24, 2.45) is 0 Å². The summed E-state index contributed by atoms with van der Waals surface area (Å²) in [5.74, 6) is -1.08. The highest BCUT2D eigenvalue weighted by Crippen LogP contribution is 2.35. The molecule has 0 spiro atoms. The number of methoxy groups -OCH3 is 1. The van der Waals surface area contributed by atoms with Crippen LogP contribution < -0.4 is 0 Å². The van der Waals surface area contributed by atoms with Gasteiger partial charge in [0.05, 0.1) is 25.5 Å². The van der Waals surface area contributed by atoms with Crippen molar-refractivity contribution < 1.29 is 9.53 Å². The van der Waals surface area contributed by atoms with Crippen LogP contribution in [0.25, 0.3) is 0 Å². The highest BCUT2D eigenvalue weighted by Gasteiger charge is 2.27. The minimum atomic E-state index is -0.464. The van der Waals surface area contributed by atoms with Gasteiger partial charge >= 0.3 is 5.97 Å². The molecule has 0 unspecified atom stereocenters. The summed E-state index contributed by atoms with van der Waals surface area (Å²) in [7, 11) is 1.35. The number of rotatable bonds is 5. The third kappa shape index (κ3) is 3.92. The van der Waals surface area contributed by atoms with Crippen molar-refractivity contribution >= 4 is 21.9 Å². The molecule has 2 rings (SSSR count). The average Bonchev–Trinajstić information content (AvgIpc) is 2.56. The summed E-state index contributed by atoms with van der Waals surface area (Å²) < 4.78 is 5.73. The molecule has 0 saturated heterocycles. The van der Waals surface area contributed by atoms with Gasteiger partial charge in [0.2, 0.25) is 0 Å². The number of hydrogen-bond donors (Lipinski definition) is 0. The van der Waals surface area contributed by atoms with E-state index in [4.69, 9.17) is 4.74 Å². The van der Waals surface area contributed by atoms with Crippen LogP contribution in [-0.4, -0.2) is 18.1 Å². The molecule has 1 aromatic carbocycles. The molecule has 0 radical (unpaired) electrons. The molecule has 22 heavy (non-hydrogen) atoms. The van der Waals surface area contributed by atoms with E-state index in [1.807, 2.05) is 30.3 Å². The first kappa shape index (κ1) is 16.2. The lowest BCUT2D eigenvalue weighted by Crippen LogP contribution is -2.15. The minimum absolute atomic E-state index is 0.144. The zero-order valence-electron chi connectivity index (χ0n) is 12.1. The van der Waals surface area contributed by atoms with Gasteiger partial charge in [0.15, 0.2) is 0 Å². The number of benzene rings is 1. The van der Waals surface area contributed by atoms with E-state index in [9.17, 15) is 10.1 Å². The lowest BCUT2D eigenvalue weighted by atomic mass is 9.81. The highest BCUT2D eigenvalue weighted by molar-refractivity contribution is 9.10. The molecule has 0 amide bonds. The monoisotopic (exact) mass is 358 g/mol. The van der Waals surface area contributed by atoms with Gasteiger partial charge in [-0.15, -0.1) is 0 Å². The Kier molecular flexibility index (Phi) is 5.68. The van der Waals surface area contributed by atoms with Gasteiger partial charge in [0, 0.05) is 22.8 Å². The smallest absolute Gasteiger partial charge is 0.306 e. The zero-order valence-corrected chi connectivity index (χ0v) is 13.7. The van der Waals surface area contributed by atoms with E-state index >= 15 is 0 Å². The molecule has 4 nitrogen and oxygen atoms in total. The van der Waals surface area contributed by atoms with Gasteiger partial charge in [-0.3, -0.25) is 9.78 Å². The average molecular weight is 359 g/mol. The first-order chi connectivity index (χ1) is 10.7. The number of halogens is 1. The molecule has 1 heterocycles. The molecule has 2 atom stereocenters. The summed E-state index contributed by atoms with van der Waals surface area (Å²) >= 11 is 3.39. The maximum absolute atomic E-state index is 11.8. The van der Waals surface area contributed by atoms with E-state index < -0.39 is 5.92 Å². The number of aromatic nitrogens is 1. The maximum atomic E-state index is 11.8. The fourth-order valence-electron chi connectivity index (χ4n) is 2.36. The quantitative estimate of drug-likeness (QED) is 0.762. The zero-order chi connectivity index (χ0) is 15.9. The molecule has 112 valence electrons. The summed E-state index contributed by atoms with van der Waals surface area (Å²) in [5.41, 5.74) is 1.71. The van der Waals surface area contributed by atoms with Gasteiger partial charge < -0.3 is 4.74 Å². The van der Waals surface area contributed by atoms with Crippen LogP contribution in [0, 0.1) is 11.3 Å². The van der Waals surface area contributed by atoms with Gasteiger partial charge in [-0.1, -0.05) is 34.1 Å². The number of carbonyl (C=O) groups excluding carboxylic acids is 1. The van der Waals surface area contributed by atoms with E-state index in [0.717, 1.165) is 15.6 Å². The Hall–Kier alpha value is -2.19. The van der Waals surface area contributed by atoms with Gasteiger partial charge in [0.1, 0.15) is 0 Å². The van der Waals surface area contributed by atoms with Crippen LogP contribution in [0.4, 0.5) is 0 Å². The Labute approximate surface area is 137 Å². The summed E-state index contributed by atoms with van der Waals surface area (Å²) in [6.07, 6.45) is 3.47. The third-order valence-corrected chi connectivity index (χ3v) is 4.03. The number of pyridine rings is 1. The van der Waals surface area contributed by atoms with Gasteiger partial charge in [0.25, 0.3) is 0 Å². The molecule has 0 N–H and O–H groups in total. The fourth-order valence-corrected chi connectivity index (χ4v) is 2.62. The van der Waals surface area contributed by atoms with Gasteiger partial charge in [-0.2, -0.15) is 5.26 Å². The van der Waals surface area contributed by atoms with Crippen molar-refractivity contribution in [3.63, 3.8) is 0 Å². The van der Waals surface area contributed by atoms with Crippen molar-refractivity contribution in [1.82, 2.24) is 4.98 Å². The molecule has 1 aromatic heterocycles. The Balaban J connectivity index is 2.40. The SMILES string of the molecule is COC(=O)C[C@H](c1ccc(Br)cc1)[C@H](C#N)c1cccnc1. The van der Waals surface area contributed by atoms with Gasteiger partial charge in [-0.05, 0) is 29.3 Å². The lowest BCUT2D eigenvalue weighted by molar-refractivity contribution is -0.141. The molecule has 0 aliphatic heterocycles. The van der Waals surface area contributed by atoms with Crippen molar-refractivity contribution in [3.8, 4) is 6.07 Å². The van der Waals surface area contributed by atoms with Crippen LogP contribution in [-0.2, 0) is 9.53 Å². The van der Waals surface area contributed by atoms with Crippen LogP contribution >= 0.6 is 15.9 Å². The van der Waals surface area contributed by atoms with Crippen LogP contribution in [0.2, 0.25) is 0 Å². The number of nitriles is 1. The first-order valence-electron chi connectivity index (χ1n) is 6.77. The molecule has 5 heteroatoms. The molecular formula is C17H15BrN2O2. The van der Waals surface area contributed by atoms with E-state index in [-0.39, 0.29) is 18.3 Å². The number of hydrogen-bond acceptors (Lipinski definition) is 4. The van der Waals surface area contributed by atoms with Gasteiger partial charge in [-0.25, -0.2) is 0 Å². The van der Waals surface area contributed by atoms with Crippen molar-refractivity contribution in [2.45, 2.75) is 18.3 Å². The molecule has 2 aromatic rings. The fraction of sp³-hybridized carbons (Fsp3) is 0.235. The third-order valence-electron chi connectivity index (χ3n) is 3.50. The second kappa shape index (κ2) is 7.71. The van der Waals surface area contributed by atoms with Crippen molar-refractivity contribution in [3.05, 3.63) is 64.4 Å². The predicted octanol–water partition coefficient (Wildman–Crippen LogP) is 3.80. The predicted molar refractivity (Wildman–Crippen MR) is 86.1 cm³/mol. The lowest BCUT2D eigenvalue weighted by Gasteiger charge is -2.21. The topological polar surface area (TPSA) is 63.0 Å². The van der Waals surface area contributed by atoms with Crippen LogP contribution in [0.1, 0.15) is 29.4 Å². The standard InChI is InChI=1S/C17H15BrN2O2/c1-22-17(21)9-15(12-4-6-14(18)7-5-12)16(10-19)13-3-2-8-20-11-13/h2-8,11,15-16H,9H2,1H3/t15-,16-/m1/s1. The van der Waals surface area contributed by atoms with Crippen molar-refractivity contribution in [1.29, 1.82) is 5.26 Å². The maximum Gasteiger partial charge on any atom is 0.306 e. The van der Waals surface area contributed by atoms with Crippen LogP contribution in [0.5, 0.6) is 0 Å². The second-order valence-corrected chi connectivity index (χ2v) is 5.75. The Morgan fingerprint density at radius 3 is 2.59 bits per heavy atom. The minimum Gasteiger partial charge on any atom is -0.469 e. The van der Waals surface area contributed by atoms with Crippen LogP contribution in [0.3, 0.4) is 0 Å². The van der Waals surface area contributed by atoms with E-state index in [0.29, 0.717) is 0 Å². The summed E-state index contributed by atoms with van der Waals surface area (Å²) in [5, 5.41) is 9.61. The normalized spacial score (nSPS) is 13.0. The highest BCUT2D eigenvalue weighted by atomic mass is 79.9. The molecule has 0 aliphatic carbocycles. The number of nitrogens with zero attached hydrogens (tertiary/aromatic N) is 2. The number of ether oxygens (including phenoxy) is 1. The Morgan fingerprint density at radius 1 is 1.32 bits per heavy atom. The molecule has 0 bridgehead atoms. The molecule has 0 fully saturated rings. The number of carbonyl (C=O) groups is 1. The summed E-state index contributed by atoms with van der Waals surface area (Å²) in [6, 6.07) is 13.6. The van der Waals surface area contributed by atoms with Crippen LogP contribution in [0.15, 0.2) is 53.3 Å².